The maximum atomic E-state index is 13.3. The van der Waals surface area contributed by atoms with E-state index in [1.165, 1.54) is 6.07 Å². The average Bonchev–Trinajstić information content (AvgIpc) is 2.36. The number of halogens is 2. The molecule has 0 fully saturated rings. The fourth-order valence-electron chi connectivity index (χ4n) is 1.58. The normalized spacial score (nSPS) is 10.3. The Balaban J connectivity index is 2.03. The molecule has 2 aromatic rings. The first-order chi connectivity index (χ1) is 9.04. The molecule has 2 aromatic carbocycles. The molecule has 0 spiro atoms. The van der Waals surface area contributed by atoms with E-state index in [1.54, 1.807) is 24.3 Å². The molecule has 0 unspecified atom stereocenters. The Labute approximate surface area is 114 Å². The zero-order valence-electron chi connectivity index (χ0n) is 9.86. The molecule has 0 radical (unpaired) electrons. The molecule has 0 aliphatic carbocycles. The van der Waals surface area contributed by atoms with Crippen LogP contribution in [0.2, 0.25) is 0 Å². The van der Waals surface area contributed by atoms with E-state index in [9.17, 15) is 13.6 Å². The van der Waals surface area contributed by atoms with E-state index in [1.807, 2.05) is 0 Å². The summed E-state index contributed by atoms with van der Waals surface area (Å²) in [6.07, 6.45) is 0.116. The smallest absolute Gasteiger partial charge is 0.228 e. The minimum absolute atomic E-state index is 0.0304. The number of carbonyl (C=O) groups excluding carboxylic acids is 1. The van der Waals surface area contributed by atoms with Crippen LogP contribution in [0, 0.1) is 11.6 Å². The number of rotatable bonds is 3. The van der Waals surface area contributed by atoms with Gasteiger partial charge in [-0.2, -0.15) is 0 Å². The van der Waals surface area contributed by atoms with Gasteiger partial charge in [0.15, 0.2) is 0 Å². The van der Waals surface area contributed by atoms with Crippen molar-refractivity contribution in [2.45, 2.75) is 11.3 Å². The number of benzene rings is 2. The maximum Gasteiger partial charge on any atom is 0.228 e. The standard InChI is InChI=1S/C14H11F2NOS/c15-10-3-6-13(12(16)8-10)17-14(18)7-9-1-4-11(19)5-2-9/h1-6,8,19H,7H2,(H,17,18). The summed E-state index contributed by atoms with van der Waals surface area (Å²) < 4.78 is 26.0. The van der Waals surface area contributed by atoms with Crippen LogP contribution >= 0.6 is 12.6 Å². The second-order valence-electron chi connectivity index (χ2n) is 4.02. The quantitative estimate of drug-likeness (QED) is 0.828. The first-order valence-electron chi connectivity index (χ1n) is 5.57. The number of carbonyl (C=O) groups is 1. The molecule has 1 N–H and O–H groups in total. The number of amides is 1. The van der Waals surface area contributed by atoms with E-state index >= 15 is 0 Å². The summed E-state index contributed by atoms with van der Waals surface area (Å²) in [7, 11) is 0. The molecule has 0 aliphatic heterocycles. The van der Waals surface area contributed by atoms with Gasteiger partial charge in [-0.3, -0.25) is 4.79 Å². The van der Waals surface area contributed by atoms with Crippen molar-refractivity contribution < 1.29 is 13.6 Å². The maximum absolute atomic E-state index is 13.3. The van der Waals surface area contributed by atoms with E-state index in [2.05, 4.69) is 17.9 Å². The third-order valence-electron chi connectivity index (χ3n) is 2.51. The van der Waals surface area contributed by atoms with Gasteiger partial charge in [-0.1, -0.05) is 12.1 Å². The van der Waals surface area contributed by atoms with Crippen molar-refractivity contribution in [3.8, 4) is 0 Å². The highest BCUT2D eigenvalue weighted by atomic mass is 32.1. The van der Waals surface area contributed by atoms with E-state index in [0.29, 0.717) is 0 Å². The first-order valence-corrected chi connectivity index (χ1v) is 6.02. The second kappa shape index (κ2) is 5.84. The number of hydrogen-bond acceptors (Lipinski definition) is 2. The zero-order chi connectivity index (χ0) is 13.8. The van der Waals surface area contributed by atoms with Crippen LogP contribution in [0.4, 0.5) is 14.5 Å². The Morgan fingerprint density at radius 2 is 1.79 bits per heavy atom. The lowest BCUT2D eigenvalue weighted by molar-refractivity contribution is -0.115. The number of nitrogens with one attached hydrogen (secondary N) is 1. The van der Waals surface area contributed by atoms with Crippen molar-refractivity contribution >= 4 is 24.2 Å². The number of thiol groups is 1. The van der Waals surface area contributed by atoms with Gasteiger partial charge in [0.05, 0.1) is 12.1 Å². The minimum atomic E-state index is -0.793. The average molecular weight is 279 g/mol. The highest BCUT2D eigenvalue weighted by Crippen LogP contribution is 2.15. The van der Waals surface area contributed by atoms with Crippen LogP contribution < -0.4 is 5.32 Å². The van der Waals surface area contributed by atoms with Crippen LogP contribution in [0.1, 0.15) is 5.56 Å². The van der Waals surface area contributed by atoms with Gasteiger partial charge in [0.25, 0.3) is 0 Å². The molecular formula is C14H11F2NOS. The van der Waals surface area contributed by atoms with Crippen molar-refractivity contribution in [3.05, 3.63) is 59.7 Å². The van der Waals surface area contributed by atoms with Crippen LogP contribution in [0.3, 0.4) is 0 Å². The lowest BCUT2D eigenvalue weighted by atomic mass is 10.1. The summed E-state index contributed by atoms with van der Waals surface area (Å²) >= 11 is 4.14. The summed E-state index contributed by atoms with van der Waals surface area (Å²) in [6.45, 7) is 0. The molecule has 5 heteroatoms. The van der Waals surface area contributed by atoms with Gasteiger partial charge in [-0.15, -0.1) is 12.6 Å². The summed E-state index contributed by atoms with van der Waals surface area (Å²) in [5.74, 6) is -1.84. The highest BCUT2D eigenvalue weighted by Gasteiger charge is 2.08. The molecule has 0 heterocycles. The molecule has 0 bridgehead atoms. The molecule has 0 saturated heterocycles. The number of anilines is 1. The van der Waals surface area contributed by atoms with Crippen molar-refractivity contribution in [2.75, 3.05) is 5.32 Å². The Bertz CT molecular complexity index is 599. The lowest BCUT2D eigenvalue weighted by Crippen LogP contribution is -2.15. The lowest BCUT2D eigenvalue weighted by Gasteiger charge is -2.06. The Kier molecular flexibility index (Phi) is 4.16. The first kappa shape index (κ1) is 13.5. The van der Waals surface area contributed by atoms with Gasteiger partial charge in [-0.05, 0) is 29.8 Å². The zero-order valence-corrected chi connectivity index (χ0v) is 10.8. The molecule has 0 atom stereocenters. The largest absolute Gasteiger partial charge is 0.323 e. The fraction of sp³-hybridized carbons (Fsp3) is 0.0714. The molecular weight excluding hydrogens is 268 g/mol. The van der Waals surface area contributed by atoms with Gasteiger partial charge in [0.2, 0.25) is 5.91 Å². The fourth-order valence-corrected chi connectivity index (χ4v) is 1.73. The summed E-state index contributed by atoms with van der Waals surface area (Å²) in [5, 5.41) is 2.40. The van der Waals surface area contributed by atoms with Crippen LogP contribution in [0.5, 0.6) is 0 Å². The molecule has 1 amide bonds. The van der Waals surface area contributed by atoms with Gasteiger partial charge in [-0.25, -0.2) is 8.78 Å². The van der Waals surface area contributed by atoms with Crippen molar-refractivity contribution in [1.82, 2.24) is 0 Å². The topological polar surface area (TPSA) is 29.1 Å². The minimum Gasteiger partial charge on any atom is -0.323 e. The van der Waals surface area contributed by atoms with E-state index in [0.717, 1.165) is 22.6 Å². The third-order valence-corrected chi connectivity index (χ3v) is 2.80. The van der Waals surface area contributed by atoms with E-state index < -0.39 is 11.6 Å². The molecule has 2 nitrogen and oxygen atoms in total. The van der Waals surface area contributed by atoms with Crippen molar-refractivity contribution in [3.63, 3.8) is 0 Å². The van der Waals surface area contributed by atoms with E-state index in [-0.39, 0.29) is 18.0 Å². The number of hydrogen-bond donors (Lipinski definition) is 2. The molecule has 2 rings (SSSR count). The summed E-state index contributed by atoms with van der Waals surface area (Å²) in [4.78, 5) is 12.5. The van der Waals surface area contributed by atoms with E-state index in [4.69, 9.17) is 0 Å². The predicted octanol–water partition coefficient (Wildman–Crippen LogP) is 3.43. The Morgan fingerprint density at radius 1 is 1.11 bits per heavy atom. The van der Waals surface area contributed by atoms with Crippen molar-refractivity contribution in [2.24, 2.45) is 0 Å². The van der Waals surface area contributed by atoms with Crippen molar-refractivity contribution in [1.29, 1.82) is 0 Å². The molecule has 98 valence electrons. The Morgan fingerprint density at radius 3 is 2.42 bits per heavy atom. The van der Waals surface area contributed by atoms with Crippen LogP contribution in [-0.2, 0) is 11.2 Å². The van der Waals surface area contributed by atoms with Gasteiger partial charge in [0.1, 0.15) is 11.6 Å². The Hall–Kier alpha value is -1.88. The molecule has 19 heavy (non-hydrogen) atoms. The van der Waals surface area contributed by atoms with Crippen LogP contribution in [0.25, 0.3) is 0 Å². The second-order valence-corrected chi connectivity index (χ2v) is 4.53. The molecule has 0 aliphatic rings. The molecule has 0 saturated carbocycles. The molecule has 0 aromatic heterocycles. The summed E-state index contributed by atoms with van der Waals surface area (Å²) in [6, 6.07) is 10.1. The van der Waals surface area contributed by atoms with Gasteiger partial charge in [0, 0.05) is 11.0 Å². The predicted molar refractivity (Wildman–Crippen MR) is 72.4 cm³/mol. The SMILES string of the molecule is O=C(Cc1ccc(S)cc1)Nc1ccc(F)cc1F. The third kappa shape index (κ3) is 3.79. The van der Waals surface area contributed by atoms with Crippen LogP contribution in [-0.4, -0.2) is 5.91 Å². The summed E-state index contributed by atoms with van der Waals surface area (Å²) in [5.41, 5.74) is 0.759. The van der Waals surface area contributed by atoms with Crippen LogP contribution in [0.15, 0.2) is 47.4 Å². The monoisotopic (exact) mass is 279 g/mol. The van der Waals surface area contributed by atoms with Gasteiger partial charge < -0.3 is 5.32 Å². The van der Waals surface area contributed by atoms with Gasteiger partial charge >= 0.3 is 0 Å². The highest BCUT2D eigenvalue weighted by molar-refractivity contribution is 7.80.